The molecule has 1 saturated heterocycles. The minimum atomic E-state index is -0.435. The Kier molecular flexibility index (Phi) is 6.49. The predicted molar refractivity (Wildman–Crippen MR) is 107 cm³/mol. The Balaban J connectivity index is 1.43. The summed E-state index contributed by atoms with van der Waals surface area (Å²) in [7, 11) is 0. The molecular formula is C20H21ClN4O3. The van der Waals surface area contributed by atoms with Gasteiger partial charge in [-0.25, -0.2) is 4.79 Å². The van der Waals surface area contributed by atoms with Crippen molar-refractivity contribution in [3.8, 4) is 0 Å². The monoisotopic (exact) mass is 400 g/mol. The Bertz CT molecular complexity index is 852. The summed E-state index contributed by atoms with van der Waals surface area (Å²) in [5.74, 6) is -0.963. The highest BCUT2D eigenvalue weighted by Crippen LogP contribution is 2.18. The van der Waals surface area contributed by atoms with Gasteiger partial charge in [0.15, 0.2) is 0 Å². The van der Waals surface area contributed by atoms with Crippen LogP contribution >= 0.6 is 11.6 Å². The molecule has 8 heteroatoms. The number of nitrogens with one attached hydrogen (secondary N) is 3. The first-order valence-corrected chi connectivity index (χ1v) is 9.37. The summed E-state index contributed by atoms with van der Waals surface area (Å²) in [5, 5.41) is 3.28. The Morgan fingerprint density at radius 1 is 0.929 bits per heavy atom. The van der Waals surface area contributed by atoms with Gasteiger partial charge in [-0.05, 0) is 43.2 Å². The van der Waals surface area contributed by atoms with Crippen LogP contribution in [0.15, 0.2) is 54.6 Å². The minimum absolute atomic E-state index is 0.181. The number of carbonyl (C=O) groups is 3. The third kappa shape index (κ3) is 5.23. The Morgan fingerprint density at radius 3 is 2.32 bits per heavy atom. The van der Waals surface area contributed by atoms with Crippen LogP contribution in [0.2, 0.25) is 5.02 Å². The number of para-hydroxylation sites is 1. The Labute approximate surface area is 168 Å². The van der Waals surface area contributed by atoms with Gasteiger partial charge >= 0.3 is 6.03 Å². The van der Waals surface area contributed by atoms with Gasteiger partial charge in [0.25, 0.3) is 5.91 Å². The lowest BCUT2D eigenvalue weighted by Gasteiger charge is -2.31. The molecule has 0 bridgehead atoms. The molecule has 2 aromatic rings. The van der Waals surface area contributed by atoms with E-state index in [0.29, 0.717) is 36.5 Å². The van der Waals surface area contributed by atoms with E-state index in [1.807, 2.05) is 30.3 Å². The SMILES string of the molecule is O=C(NNC(=O)C1CCN(C(=O)Nc2ccccc2)CC1)c1cccc(Cl)c1. The van der Waals surface area contributed by atoms with E-state index in [4.69, 9.17) is 11.6 Å². The van der Waals surface area contributed by atoms with E-state index < -0.39 is 5.91 Å². The molecule has 0 unspecified atom stereocenters. The number of hydrogen-bond acceptors (Lipinski definition) is 3. The van der Waals surface area contributed by atoms with Crippen LogP contribution in [-0.4, -0.2) is 35.8 Å². The molecule has 0 radical (unpaired) electrons. The second-order valence-corrected chi connectivity index (χ2v) is 6.95. The van der Waals surface area contributed by atoms with Gasteiger partial charge in [-0.1, -0.05) is 35.9 Å². The van der Waals surface area contributed by atoms with Gasteiger partial charge in [0.2, 0.25) is 5.91 Å². The van der Waals surface area contributed by atoms with E-state index in [1.165, 1.54) is 6.07 Å². The van der Waals surface area contributed by atoms with E-state index in [-0.39, 0.29) is 17.9 Å². The molecule has 1 aliphatic heterocycles. The fraction of sp³-hybridized carbons (Fsp3) is 0.250. The molecule has 7 nitrogen and oxygen atoms in total. The molecule has 4 amide bonds. The van der Waals surface area contributed by atoms with Crippen LogP contribution in [0.25, 0.3) is 0 Å². The fourth-order valence-corrected chi connectivity index (χ4v) is 3.18. The normalized spacial score (nSPS) is 14.2. The van der Waals surface area contributed by atoms with Crippen molar-refractivity contribution in [2.75, 3.05) is 18.4 Å². The second kappa shape index (κ2) is 9.23. The zero-order valence-corrected chi connectivity index (χ0v) is 15.9. The summed E-state index contributed by atoms with van der Waals surface area (Å²) in [6.45, 7) is 0.942. The summed E-state index contributed by atoms with van der Waals surface area (Å²) in [5.41, 5.74) is 5.95. The van der Waals surface area contributed by atoms with Gasteiger partial charge in [-0.15, -0.1) is 0 Å². The third-order valence-electron chi connectivity index (χ3n) is 4.56. The number of amides is 4. The lowest BCUT2D eigenvalue weighted by Crippen LogP contribution is -2.48. The van der Waals surface area contributed by atoms with Crippen molar-refractivity contribution >= 4 is 35.1 Å². The highest BCUT2D eigenvalue weighted by atomic mass is 35.5. The zero-order valence-electron chi connectivity index (χ0n) is 15.2. The average Bonchev–Trinajstić information content (AvgIpc) is 2.72. The van der Waals surface area contributed by atoms with Crippen LogP contribution in [-0.2, 0) is 4.79 Å². The third-order valence-corrected chi connectivity index (χ3v) is 4.80. The number of hydrogen-bond donors (Lipinski definition) is 3. The minimum Gasteiger partial charge on any atom is -0.324 e. The van der Waals surface area contributed by atoms with Crippen molar-refractivity contribution < 1.29 is 14.4 Å². The van der Waals surface area contributed by atoms with Crippen LogP contribution in [0.5, 0.6) is 0 Å². The maximum atomic E-state index is 12.3. The first kappa shape index (κ1) is 19.7. The fourth-order valence-electron chi connectivity index (χ4n) is 2.99. The number of rotatable bonds is 3. The number of benzene rings is 2. The molecule has 1 fully saturated rings. The molecule has 28 heavy (non-hydrogen) atoms. The molecule has 3 N–H and O–H groups in total. The van der Waals surface area contributed by atoms with Crippen molar-refractivity contribution in [1.82, 2.24) is 15.8 Å². The number of hydrazine groups is 1. The first-order chi connectivity index (χ1) is 13.5. The van der Waals surface area contributed by atoms with Crippen LogP contribution in [0, 0.1) is 5.92 Å². The number of nitrogens with zero attached hydrogens (tertiary/aromatic N) is 1. The number of urea groups is 1. The molecule has 0 spiro atoms. The van der Waals surface area contributed by atoms with Crippen molar-refractivity contribution in [3.05, 3.63) is 65.2 Å². The van der Waals surface area contributed by atoms with E-state index in [9.17, 15) is 14.4 Å². The van der Waals surface area contributed by atoms with Crippen molar-refractivity contribution in [3.63, 3.8) is 0 Å². The molecule has 0 atom stereocenters. The average molecular weight is 401 g/mol. The lowest BCUT2D eigenvalue weighted by atomic mass is 9.96. The molecule has 0 aromatic heterocycles. The van der Waals surface area contributed by atoms with Crippen molar-refractivity contribution in [1.29, 1.82) is 0 Å². The maximum Gasteiger partial charge on any atom is 0.321 e. The summed E-state index contributed by atoms with van der Waals surface area (Å²) < 4.78 is 0. The van der Waals surface area contributed by atoms with Crippen LogP contribution in [0.1, 0.15) is 23.2 Å². The van der Waals surface area contributed by atoms with Crippen LogP contribution in [0.3, 0.4) is 0 Å². The smallest absolute Gasteiger partial charge is 0.321 e. The highest BCUT2D eigenvalue weighted by molar-refractivity contribution is 6.30. The molecule has 1 heterocycles. The Hall–Kier alpha value is -3.06. The maximum absolute atomic E-state index is 12.3. The summed E-state index contributed by atoms with van der Waals surface area (Å²) in [6, 6.07) is 15.5. The number of piperidine rings is 1. The molecule has 0 saturated carbocycles. The number of likely N-dealkylation sites (tertiary alicyclic amines) is 1. The van der Waals surface area contributed by atoms with E-state index in [2.05, 4.69) is 16.2 Å². The van der Waals surface area contributed by atoms with E-state index in [0.717, 1.165) is 5.69 Å². The van der Waals surface area contributed by atoms with Crippen LogP contribution < -0.4 is 16.2 Å². The molecule has 0 aliphatic carbocycles. The van der Waals surface area contributed by atoms with Gasteiger partial charge in [0.05, 0.1) is 0 Å². The summed E-state index contributed by atoms with van der Waals surface area (Å²) in [6.07, 6.45) is 1.06. The standard InChI is InChI=1S/C20H21ClN4O3/c21-16-6-4-5-15(13-16)19(27)24-23-18(26)14-9-11-25(12-10-14)20(28)22-17-7-2-1-3-8-17/h1-8,13-14H,9-12H2,(H,22,28)(H,23,26)(H,24,27). The molecule has 3 rings (SSSR count). The Morgan fingerprint density at radius 2 is 1.64 bits per heavy atom. The predicted octanol–water partition coefficient (Wildman–Crippen LogP) is 3.05. The quantitative estimate of drug-likeness (QED) is 0.691. The van der Waals surface area contributed by atoms with E-state index >= 15 is 0 Å². The van der Waals surface area contributed by atoms with E-state index in [1.54, 1.807) is 23.1 Å². The highest BCUT2D eigenvalue weighted by Gasteiger charge is 2.27. The molecule has 146 valence electrons. The van der Waals surface area contributed by atoms with Gasteiger partial charge in [0, 0.05) is 35.3 Å². The van der Waals surface area contributed by atoms with Crippen molar-refractivity contribution in [2.45, 2.75) is 12.8 Å². The number of anilines is 1. The van der Waals surface area contributed by atoms with Gasteiger partial charge in [-0.3, -0.25) is 20.4 Å². The lowest BCUT2D eigenvalue weighted by molar-refractivity contribution is -0.127. The summed E-state index contributed by atoms with van der Waals surface area (Å²) in [4.78, 5) is 38.3. The van der Waals surface area contributed by atoms with Gasteiger partial charge in [-0.2, -0.15) is 0 Å². The topological polar surface area (TPSA) is 90.5 Å². The van der Waals surface area contributed by atoms with Crippen molar-refractivity contribution in [2.24, 2.45) is 5.92 Å². The molecule has 1 aliphatic rings. The van der Waals surface area contributed by atoms with Gasteiger partial charge < -0.3 is 10.2 Å². The number of carbonyl (C=O) groups excluding carboxylic acids is 3. The summed E-state index contributed by atoms with van der Waals surface area (Å²) >= 11 is 5.86. The first-order valence-electron chi connectivity index (χ1n) is 8.99. The van der Waals surface area contributed by atoms with Crippen LogP contribution in [0.4, 0.5) is 10.5 Å². The second-order valence-electron chi connectivity index (χ2n) is 6.51. The number of halogens is 1. The van der Waals surface area contributed by atoms with Gasteiger partial charge in [0.1, 0.15) is 0 Å². The molecule has 2 aromatic carbocycles. The molecular weight excluding hydrogens is 380 g/mol. The largest absolute Gasteiger partial charge is 0.324 e. The zero-order chi connectivity index (χ0) is 19.9.